The van der Waals surface area contributed by atoms with E-state index in [2.05, 4.69) is 27.4 Å². The number of hydrogen-bond acceptors (Lipinski definition) is 5. The van der Waals surface area contributed by atoms with Gasteiger partial charge in [0, 0.05) is 20.1 Å². The normalized spacial score (nSPS) is 37.4. The number of fused-ring (bicyclic) bond motifs is 3. The van der Waals surface area contributed by atoms with Crippen molar-refractivity contribution in [2.24, 2.45) is 0 Å². The van der Waals surface area contributed by atoms with Gasteiger partial charge in [-0.05, 0) is 13.0 Å². The predicted molar refractivity (Wildman–Crippen MR) is 64.4 cm³/mol. The highest BCUT2D eigenvalue weighted by atomic mass is 16.2. The minimum atomic E-state index is -0.323. The molecule has 0 radical (unpaired) electrons. The van der Waals surface area contributed by atoms with Crippen LogP contribution in [0, 0.1) is 0 Å². The summed E-state index contributed by atoms with van der Waals surface area (Å²) in [6.07, 6.45) is 0.904. The molecule has 0 spiro atoms. The van der Waals surface area contributed by atoms with Gasteiger partial charge >= 0.3 is 6.03 Å². The number of nitrogens with zero attached hydrogens (tertiary/aromatic N) is 3. The average molecular weight is 253 g/mol. The molecule has 3 aliphatic rings. The Balaban J connectivity index is 1.89. The summed E-state index contributed by atoms with van der Waals surface area (Å²) < 4.78 is 0. The SMILES string of the molecule is CCN1CCCN2C3C(=O)NC(=O)N(C)C3NC12. The van der Waals surface area contributed by atoms with Crippen molar-refractivity contribution in [1.29, 1.82) is 0 Å². The minimum Gasteiger partial charge on any atom is -0.310 e. The lowest BCUT2D eigenvalue weighted by Crippen LogP contribution is -2.65. The number of rotatable bonds is 1. The fraction of sp³-hybridized carbons (Fsp3) is 0.818. The van der Waals surface area contributed by atoms with E-state index in [9.17, 15) is 9.59 Å². The van der Waals surface area contributed by atoms with Crippen LogP contribution in [0.25, 0.3) is 0 Å². The third-order valence-electron chi connectivity index (χ3n) is 4.14. The summed E-state index contributed by atoms with van der Waals surface area (Å²) >= 11 is 0. The number of nitrogens with one attached hydrogen (secondary N) is 2. The zero-order chi connectivity index (χ0) is 12.9. The van der Waals surface area contributed by atoms with E-state index in [4.69, 9.17) is 0 Å². The van der Waals surface area contributed by atoms with E-state index < -0.39 is 0 Å². The van der Waals surface area contributed by atoms with Gasteiger partial charge in [-0.3, -0.25) is 25.2 Å². The number of amides is 3. The summed E-state index contributed by atoms with van der Waals surface area (Å²) in [7, 11) is 1.72. The van der Waals surface area contributed by atoms with Crippen LogP contribution in [0.4, 0.5) is 4.79 Å². The number of carbonyl (C=O) groups is 2. The summed E-state index contributed by atoms with van der Waals surface area (Å²) in [6, 6.07) is -0.594. The minimum absolute atomic E-state index is 0.0675. The van der Waals surface area contributed by atoms with Crippen molar-refractivity contribution in [2.45, 2.75) is 31.8 Å². The molecule has 3 heterocycles. The van der Waals surface area contributed by atoms with Gasteiger partial charge in [-0.2, -0.15) is 0 Å². The number of likely N-dealkylation sites (N-methyl/N-ethyl adjacent to an activating group) is 1. The second kappa shape index (κ2) is 4.18. The highest BCUT2D eigenvalue weighted by Gasteiger charge is 2.53. The summed E-state index contributed by atoms with van der Waals surface area (Å²) in [4.78, 5) is 29.7. The number of carbonyl (C=O) groups excluding carboxylic acids is 2. The molecule has 7 heteroatoms. The molecule has 18 heavy (non-hydrogen) atoms. The Morgan fingerprint density at radius 2 is 2.11 bits per heavy atom. The zero-order valence-electron chi connectivity index (χ0n) is 10.7. The first-order chi connectivity index (χ1) is 8.63. The van der Waals surface area contributed by atoms with Crippen LogP contribution in [0.3, 0.4) is 0 Å². The highest BCUT2D eigenvalue weighted by Crippen LogP contribution is 2.27. The Kier molecular flexibility index (Phi) is 2.76. The fourth-order valence-electron chi connectivity index (χ4n) is 3.17. The lowest BCUT2D eigenvalue weighted by Gasteiger charge is -2.40. The van der Waals surface area contributed by atoms with Crippen LogP contribution in [0.5, 0.6) is 0 Å². The van der Waals surface area contributed by atoms with Crippen LogP contribution in [-0.4, -0.2) is 71.8 Å². The number of imide groups is 1. The molecule has 0 aromatic carbocycles. The Morgan fingerprint density at radius 3 is 2.83 bits per heavy atom. The topological polar surface area (TPSA) is 67.9 Å². The second-order valence-corrected chi connectivity index (χ2v) is 5.06. The third-order valence-corrected chi connectivity index (χ3v) is 4.14. The molecule has 3 amide bonds. The van der Waals surface area contributed by atoms with Gasteiger partial charge in [0.25, 0.3) is 0 Å². The van der Waals surface area contributed by atoms with Crippen LogP contribution in [0.2, 0.25) is 0 Å². The van der Waals surface area contributed by atoms with Crippen molar-refractivity contribution in [3.05, 3.63) is 0 Å². The Bertz CT molecular complexity index is 388. The fourth-order valence-corrected chi connectivity index (χ4v) is 3.17. The smallest absolute Gasteiger partial charge is 0.310 e. The molecule has 0 saturated carbocycles. The first-order valence-electron chi connectivity index (χ1n) is 6.47. The maximum atomic E-state index is 12.0. The van der Waals surface area contributed by atoms with Crippen molar-refractivity contribution < 1.29 is 9.59 Å². The first kappa shape index (κ1) is 11.9. The molecule has 3 aliphatic heterocycles. The molecule has 0 aliphatic carbocycles. The zero-order valence-corrected chi connectivity index (χ0v) is 10.7. The molecule has 3 fully saturated rings. The van der Waals surface area contributed by atoms with Gasteiger partial charge in [0.2, 0.25) is 5.91 Å². The van der Waals surface area contributed by atoms with Gasteiger partial charge in [-0.1, -0.05) is 6.92 Å². The van der Waals surface area contributed by atoms with Gasteiger partial charge in [-0.25, -0.2) is 4.79 Å². The van der Waals surface area contributed by atoms with Gasteiger partial charge in [0.15, 0.2) is 0 Å². The van der Waals surface area contributed by atoms with Crippen molar-refractivity contribution in [1.82, 2.24) is 25.3 Å². The second-order valence-electron chi connectivity index (χ2n) is 5.06. The largest absolute Gasteiger partial charge is 0.325 e. The Hall–Kier alpha value is -1.18. The van der Waals surface area contributed by atoms with Crippen molar-refractivity contribution in [3.63, 3.8) is 0 Å². The maximum absolute atomic E-state index is 12.0. The lowest BCUT2D eigenvalue weighted by molar-refractivity contribution is -0.129. The molecule has 100 valence electrons. The number of urea groups is 1. The standard InChI is InChI=1S/C11H19N5O2/c1-3-15-5-4-6-16-7-8(12-10(15)16)14(2)11(18)13-9(7)17/h7-8,10,12H,3-6H2,1-2H3,(H,13,17,18). The molecule has 3 rings (SSSR count). The van der Waals surface area contributed by atoms with Crippen molar-refractivity contribution in [2.75, 3.05) is 26.7 Å². The van der Waals surface area contributed by atoms with E-state index in [0.29, 0.717) is 0 Å². The Labute approximate surface area is 106 Å². The first-order valence-corrected chi connectivity index (χ1v) is 6.47. The summed E-state index contributed by atoms with van der Waals surface area (Å²) in [6.45, 7) is 4.98. The van der Waals surface area contributed by atoms with E-state index in [-0.39, 0.29) is 30.4 Å². The third kappa shape index (κ3) is 1.54. The monoisotopic (exact) mass is 253 g/mol. The van der Waals surface area contributed by atoms with Crippen molar-refractivity contribution >= 4 is 11.9 Å². The molecule has 3 saturated heterocycles. The molecule has 0 bridgehead atoms. The molecule has 0 aromatic rings. The highest BCUT2D eigenvalue weighted by molar-refractivity contribution is 6.00. The van der Waals surface area contributed by atoms with E-state index >= 15 is 0 Å². The van der Waals surface area contributed by atoms with E-state index in [1.807, 2.05) is 0 Å². The lowest BCUT2D eigenvalue weighted by atomic mass is 10.1. The summed E-state index contributed by atoms with van der Waals surface area (Å²) in [5.74, 6) is -0.184. The van der Waals surface area contributed by atoms with Crippen LogP contribution in [0.1, 0.15) is 13.3 Å². The van der Waals surface area contributed by atoms with Crippen LogP contribution < -0.4 is 10.6 Å². The van der Waals surface area contributed by atoms with E-state index in [0.717, 1.165) is 26.1 Å². The van der Waals surface area contributed by atoms with E-state index in [1.54, 1.807) is 11.9 Å². The summed E-state index contributed by atoms with van der Waals surface area (Å²) in [5.41, 5.74) is 0. The average Bonchev–Trinajstić information content (AvgIpc) is 2.75. The van der Waals surface area contributed by atoms with Crippen LogP contribution >= 0.6 is 0 Å². The molecule has 2 N–H and O–H groups in total. The Morgan fingerprint density at radius 1 is 1.33 bits per heavy atom. The number of hydrogen-bond donors (Lipinski definition) is 2. The predicted octanol–water partition coefficient (Wildman–Crippen LogP) is -1.22. The quantitative estimate of drug-likeness (QED) is 0.613. The van der Waals surface area contributed by atoms with Gasteiger partial charge in [-0.15, -0.1) is 0 Å². The molecular formula is C11H19N5O2. The van der Waals surface area contributed by atoms with Gasteiger partial charge in [0.1, 0.15) is 18.5 Å². The molecule has 7 nitrogen and oxygen atoms in total. The van der Waals surface area contributed by atoms with Gasteiger partial charge in [0.05, 0.1) is 0 Å². The molecule has 3 unspecified atom stereocenters. The van der Waals surface area contributed by atoms with Crippen molar-refractivity contribution in [3.8, 4) is 0 Å². The van der Waals surface area contributed by atoms with Crippen LogP contribution in [-0.2, 0) is 4.79 Å². The molecular weight excluding hydrogens is 234 g/mol. The van der Waals surface area contributed by atoms with E-state index in [1.165, 1.54) is 0 Å². The summed E-state index contributed by atoms with van der Waals surface area (Å²) in [5, 5.41) is 5.82. The maximum Gasteiger partial charge on any atom is 0.325 e. The molecule has 3 atom stereocenters. The van der Waals surface area contributed by atoms with Crippen LogP contribution in [0.15, 0.2) is 0 Å². The van der Waals surface area contributed by atoms with Gasteiger partial charge < -0.3 is 4.90 Å². The molecule has 0 aromatic heterocycles.